The number of rotatable bonds is 6. The predicted octanol–water partition coefficient (Wildman–Crippen LogP) is 5.21. The third kappa shape index (κ3) is 4.90. The summed E-state index contributed by atoms with van der Waals surface area (Å²) < 4.78 is 6.53. The van der Waals surface area contributed by atoms with Gasteiger partial charge >= 0.3 is 6.09 Å². The fraction of sp³-hybridized carbons (Fsp3) is 0.190. The molecule has 0 radical (unpaired) electrons. The number of carbonyl (C=O) groups excluding carboxylic acids is 1. The summed E-state index contributed by atoms with van der Waals surface area (Å²) in [7, 11) is 0. The van der Waals surface area contributed by atoms with Crippen LogP contribution in [-0.2, 0) is 4.74 Å². The predicted molar refractivity (Wildman–Crippen MR) is 114 cm³/mol. The molecule has 5 nitrogen and oxygen atoms in total. The van der Waals surface area contributed by atoms with Gasteiger partial charge in [-0.25, -0.2) is 4.79 Å². The van der Waals surface area contributed by atoms with Gasteiger partial charge in [-0.1, -0.05) is 36.4 Å². The van der Waals surface area contributed by atoms with E-state index in [9.17, 15) is 9.90 Å². The molecular formula is C21H20INO4. The van der Waals surface area contributed by atoms with Crippen LogP contribution in [-0.4, -0.2) is 22.9 Å². The SMILES string of the molecule is O=C(Nc1cccc2ccccc12)O[C@H](CCCO)c1cc(I)ccc1O. The van der Waals surface area contributed by atoms with Crippen molar-refractivity contribution in [2.24, 2.45) is 0 Å². The normalized spacial score (nSPS) is 11.9. The van der Waals surface area contributed by atoms with Gasteiger partial charge in [0.05, 0.1) is 5.69 Å². The number of aliphatic hydroxyl groups is 1. The molecule has 0 heterocycles. The summed E-state index contributed by atoms with van der Waals surface area (Å²) >= 11 is 2.14. The molecule has 0 saturated heterocycles. The Kier molecular flexibility index (Phi) is 6.52. The zero-order valence-electron chi connectivity index (χ0n) is 14.6. The highest BCUT2D eigenvalue weighted by Gasteiger charge is 2.20. The second-order valence-corrected chi connectivity index (χ2v) is 7.36. The second-order valence-electron chi connectivity index (χ2n) is 6.11. The van der Waals surface area contributed by atoms with Crippen LogP contribution in [0.4, 0.5) is 10.5 Å². The number of phenolic OH excluding ortho intramolecular Hbond substituents is 1. The van der Waals surface area contributed by atoms with Gasteiger partial charge < -0.3 is 14.9 Å². The molecule has 3 N–H and O–H groups in total. The summed E-state index contributed by atoms with van der Waals surface area (Å²) in [6.45, 7) is -0.0184. The summed E-state index contributed by atoms with van der Waals surface area (Å²) in [5, 5.41) is 24.0. The number of ether oxygens (including phenoxy) is 1. The van der Waals surface area contributed by atoms with Crippen molar-refractivity contribution in [2.75, 3.05) is 11.9 Å². The molecule has 0 aliphatic carbocycles. The first-order valence-corrected chi connectivity index (χ1v) is 9.71. The quantitative estimate of drug-likeness (QED) is 0.426. The molecule has 1 atom stereocenters. The van der Waals surface area contributed by atoms with Crippen LogP contribution < -0.4 is 5.32 Å². The number of aliphatic hydroxyl groups excluding tert-OH is 1. The minimum absolute atomic E-state index is 0.0184. The molecule has 0 aromatic heterocycles. The van der Waals surface area contributed by atoms with Crippen LogP contribution in [0.1, 0.15) is 24.5 Å². The zero-order valence-corrected chi connectivity index (χ0v) is 16.7. The average molecular weight is 477 g/mol. The maximum absolute atomic E-state index is 12.5. The number of phenols is 1. The number of aromatic hydroxyl groups is 1. The standard InChI is InChI=1S/C21H20INO4/c22-15-10-11-19(25)17(13-15)20(9-4-12-24)27-21(26)23-18-8-3-6-14-5-1-2-7-16(14)18/h1-3,5-8,10-11,13,20,24-25H,4,9,12H2,(H,23,26)/t20-/m1/s1. The third-order valence-corrected chi connectivity index (χ3v) is 4.91. The van der Waals surface area contributed by atoms with Crippen LogP contribution in [0, 0.1) is 3.57 Å². The van der Waals surface area contributed by atoms with Gasteiger partial charge in [-0.2, -0.15) is 0 Å². The lowest BCUT2D eigenvalue weighted by Gasteiger charge is -2.20. The van der Waals surface area contributed by atoms with Crippen molar-refractivity contribution in [2.45, 2.75) is 18.9 Å². The Labute approximate surface area is 171 Å². The first-order valence-electron chi connectivity index (χ1n) is 8.63. The zero-order chi connectivity index (χ0) is 19.2. The van der Waals surface area contributed by atoms with Crippen LogP contribution in [0.15, 0.2) is 60.7 Å². The van der Waals surface area contributed by atoms with Gasteiger partial charge in [0.1, 0.15) is 11.9 Å². The lowest BCUT2D eigenvalue weighted by Crippen LogP contribution is -2.18. The number of carbonyl (C=O) groups is 1. The molecular weight excluding hydrogens is 457 g/mol. The maximum atomic E-state index is 12.5. The topological polar surface area (TPSA) is 78.8 Å². The largest absolute Gasteiger partial charge is 0.508 e. The number of anilines is 1. The van der Waals surface area contributed by atoms with E-state index in [4.69, 9.17) is 9.84 Å². The van der Waals surface area contributed by atoms with E-state index in [0.29, 0.717) is 24.1 Å². The minimum Gasteiger partial charge on any atom is -0.508 e. The molecule has 140 valence electrons. The van der Waals surface area contributed by atoms with Crippen LogP contribution in [0.3, 0.4) is 0 Å². The Morgan fingerprint density at radius 2 is 1.89 bits per heavy atom. The summed E-state index contributed by atoms with van der Waals surface area (Å²) in [6, 6.07) is 18.5. The molecule has 3 aromatic carbocycles. The number of fused-ring (bicyclic) bond motifs is 1. The van der Waals surface area contributed by atoms with E-state index in [0.717, 1.165) is 14.3 Å². The smallest absolute Gasteiger partial charge is 0.412 e. The van der Waals surface area contributed by atoms with Gasteiger partial charge in [0.15, 0.2) is 0 Å². The molecule has 0 unspecified atom stereocenters. The summed E-state index contributed by atoms with van der Waals surface area (Å²) in [4.78, 5) is 12.5. The van der Waals surface area contributed by atoms with Crippen molar-refractivity contribution < 1.29 is 19.7 Å². The van der Waals surface area contributed by atoms with E-state index >= 15 is 0 Å². The second kappa shape index (κ2) is 9.05. The fourth-order valence-electron chi connectivity index (χ4n) is 2.94. The van der Waals surface area contributed by atoms with E-state index in [-0.39, 0.29) is 12.4 Å². The number of nitrogens with one attached hydrogen (secondary N) is 1. The monoisotopic (exact) mass is 477 g/mol. The first kappa shape index (κ1) is 19.4. The van der Waals surface area contributed by atoms with Crippen LogP contribution in [0.5, 0.6) is 5.75 Å². The molecule has 3 aromatic rings. The lowest BCUT2D eigenvalue weighted by atomic mass is 10.0. The van der Waals surface area contributed by atoms with Gasteiger partial charge in [-0.3, -0.25) is 5.32 Å². The Bertz CT molecular complexity index is 939. The van der Waals surface area contributed by atoms with Crippen molar-refractivity contribution in [3.05, 3.63) is 69.8 Å². The van der Waals surface area contributed by atoms with E-state index in [2.05, 4.69) is 27.9 Å². The molecule has 6 heteroatoms. The van der Waals surface area contributed by atoms with Gasteiger partial charge in [0, 0.05) is 21.1 Å². The highest BCUT2D eigenvalue weighted by atomic mass is 127. The minimum atomic E-state index is -0.651. The van der Waals surface area contributed by atoms with Gasteiger partial charge in [0.25, 0.3) is 0 Å². The van der Waals surface area contributed by atoms with Gasteiger partial charge in [-0.05, 0) is 65.1 Å². The lowest BCUT2D eigenvalue weighted by molar-refractivity contribution is 0.0980. The van der Waals surface area contributed by atoms with Crippen molar-refractivity contribution in [1.29, 1.82) is 0 Å². The number of hydrogen-bond acceptors (Lipinski definition) is 4. The Morgan fingerprint density at radius 1 is 1.11 bits per heavy atom. The van der Waals surface area contributed by atoms with Crippen molar-refractivity contribution >= 4 is 45.1 Å². The number of halogens is 1. The first-order chi connectivity index (χ1) is 13.1. The summed E-state index contributed by atoms with van der Waals surface area (Å²) in [5.41, 5.74) is 1.19. The van der Waals surface area contributed by atoms with E-state index in [1.165, 1.54) is 0 Å². The highest BCUT2D eigenvalue weighted by Crippen LogP contribution is 2.32. The number of amides is 1. The molecule has 1 amide bonds. The van der Waals surface area contributed by atoms with E-state index in [1.54, 1.807) is 18.2 Å². The van der Waals surface area contributed by atoms with Crippen molar-refractivity contribution in [3.63, 3.8) is 0 Å². The van der Waals surface area contributed by atoms with Gasteiger partial charge in [-0.15, -0.1) is 0 Å². The third-order valence-electron chi connectivity index (χ3n) is 4.24. The molecule has 3 rings (SSSR count). The Hall–Kier alpha value is -2.32. The number of hydrogen-bond donors (Lipinski definition) is 3. The number of benzene rings is 3. The average Bonchev–Trinajstić information content (AvgIpc) is 2.67. The highest BCUT2D eigenvalue weighted by molar-refractivity contribution is 14.1. The van der Waals surface area contributed by atoms with E-state index < -0.39 is 12.2 Å². The fourth-order valence-corrected chi connectivity index (χ4v) is 3.46. The maximum Gasteiger partial charge on any atom is 0.412 e. The molecule has 0 fully saturated rings. The van der Waals surface area contributed by atoms with Crippen LogP contribution >= 0.6 is 22.6 Å². The summed E-state index contributed by atoms with van der Waals surface area (Å²) in [5.74, 6) is 0.0660. The molecule has 27 heavy (non-hydrogen) atoms. The molecule has 0 bridgehead atoms. The summed E-state index contributed by atoms with van der Waals surface area (Å²) in [6.07, 6.45) is -0.390. The molecule has 0 aliphatic rings. The van der Waals surface area contributed by atoms with Crippen molar-refractivity contribution in [3.8, 4) is 5.75 Å². The molecule has 0 saturated carbocycles. The molecule has 0 spiro atoms. The van der Waals surface area contributed by atoms with Crippen LogP contribution in [0.25, 0.3) is 10.8 Å². The van der Waals surface area contributed by atoms with Crippen LogP contribution in [0.2, 0.25) is 0 Å². The Morgan fingerprint density at radius 3 is 2.70 bits per heavy atom. The van der Waals surface area contributed by atoms with Gasteiger partial charge in [0.2, 0.25) is 0 Å². The van der Waals surface area contributed by atoms with E-state index in [1.807, 2.05) is 42.5 Å². The Balaban J connectivity index is 1.81. The molecule has 0 aliphatic heterocycles. The van der Waals surface area contributed by atoms with Crippen molar-refractivity contribution in [1.82, 2.24) is 0 Å².